The van der Waals surface area contributed by atoms with Gasteiger partial charge in [0, 0.05) is 5.56 Å². The van der Waals surface area contributed by atoms with Gasteiger partial charge in [0.15, 0.2) is 5.58 Å². The number of hydrogen-bond acceptors (Lipinski definition) is 5. The lowest BCUT2D eigenvalue weighted by atomic mass is 10.1. The normalized spacial score (nSPS) is 10.6. The van der Waals surface area contributed by atoms with Crippen molar-refractivity contribution in [3.8, 4) is 17.3 Å². The number of H-pyrrole nitrogens is 1. The van der Waals surface area contributed by atoms with Gasteiger partial charge in [-0.15, -0.1) is 0 Å². The quantitative estimate of drug-likeness (QED) is 0.780. The van der Waals surface area contributed by atoms with E-state index in [0.717, 1.165) is 0 Å². The molecule has 0 bridgehead atoms. The van der Waals surface area contributed by atoms with Crippen molar-refractivity contribution >= 4 is 22.7 Å². The number of aromatic nitrogens is 3. The summed E-state index contributed by atoms with van der Waals surface area (Å²) in [6.07, 6.45) is 3.24. The van der Waals surface area contributed by atoms with Crippen molar-refractivity contribution in [3.63, 3.8) is 0 Å². The number of oxazole rings is 1. The highest BCUT2D eigenvalue weighted by atomic mass is 35.5. The van der Waals surface area contributed by atoms with E-state index in [1.165, 1.54) is 12.4 Å². The second-order valence-electron chi connectivity index (χ2n) is 4.04. The smallest absolute Gasteiger partial charge is 0.407 e. The first-order chi connectivity index (χ1) is 9.69. The monoisotopic (exact) mass is 286 g/mol. The zero-order valence-corrected chi connectivity index (χ0v) is 10.8. The maximum Gasteiger partial charge on any atom is 0.417 e. The summed E-state index contributed by atoms with van der Waals surface area (Å²) < 4.78 is 5.10. The molecule has 0 aliphatic heterocycles. The van der Waals surface area contributed by atoms with Crippen LogP contribution in [-0.4, -0.2) is 15.0 Å². The molecular formula is C13H7ClN4O2. The molecule has 0 aliphatic carbocycles. The predicted molar refractivity (Wildman–Crippen MR) is 72.2 cm³/mol. The van der Waals surface area contributed by atoms with Crippen LogP contribution in [0.2, 0.25) is 5.02 Å². The molecule has 0 radical (unpaired) electrons. The molecule has 0 spiro atoms. The Kier molecular flexibility index (Phi) is 2.97. The molecule has 6 nitrogen and oxygen atoms in total. The van der Waals surface area contributed by atoms with Crippen LogP contribution in [-0.2, 0) is 6.42 Å². The van der Waals surface area contributed by atoms with Crippen LogP contribution in [0.1, 0.15) is 5.69 Å². The minimum absolute atomic E-state index is 0.197. The average molecular weight is 287 g/mol. The van der Waals surface area contributed by atoms with E-state index in [4.69, 9.17) is 21.3 Å². The van der Waals surface area contributed by atoms with Gasteiger partial charge in [0.2, 0.25) is 0 Å². The van der Waals surface area contributed by atoms with Crippen LogP contribution in [0.15, 0.2) is 33.7 Å². The average Bonchev–Trinajstić information content (AvgIpc) is 2.83. The summed E-state index contributed by atoms with van der Waals surface area (Å²) in [4.78, 5) is 22.2. The lowest BCUT2D eigenvalue weighted by Gasteiger charge is -2.02. The summed E-state index contributed by atoms with van der Waals surface area (Å²) in [7, 11) is 0. The zero-order valence-electron chi connectivity index (χ0n) is 10.1. The molecule has 1 N–H and O–H groups in total. The standard InChI is InChI=1S/C13H7ClN4O2/c14-9-2-1-8(12-11(9)18-13(19)20-12)10-6-16-7(3-4-15)5-17-10/h1-2,5-6H,3H2,(H,18,19). The maximum absolute atomic E-state index is 11.3. The van der Waals surface area contributed by atoms with Crippen LogP contribution in [0.5, 0.6) is 0 Å². The Morgan fingerprint density at radius 3 is 2.90 bits per heavy atom. The van der Waals surface area contributed by atoms with Crippen LogP contribution in [0.4, 0.5) is 0 Å². The summed E-state index contributed by atoms with van der Waals surface area (Å²) in [5, 5.41) is 8.99. The van der Waals surface area contributed by atoms with Crippen molar-refractivity contribution in [2.45, 2.75) is 6.42 Å². The number of halogens is 1. The first-order valence-electron chi connectivity index (χ1n) is 5.68. The van der Waals surface area contributed by atoms with E-state index >= 15 is 0 Å². The summed E-state index contributed by atoms with van der Waals surface area (Å²) in [5.41, 5.74) is 2.49. The van der Waals surface area contributed by atoms with Crippen LogP contribution in [0.3, 0.4) is 0 Å². The molecule has 98 valence electrons. The fourth-order valence-corrected chi connectivity index (χ4v) is 2.07. The molecule has 0 saturated heterocycles. The molecule has 0 unspecified atom stereocenters. The molecule has 1 aromatic carbocycles. The number of nitriles is 1. The van der Waals surface area contributed by atoms with Crippen molar-refractivity contribution in [3.05, 3.63) is 45.8 Å². The SMILES string of the molecule is N#CCc1cnc(-c2ccc(Cl)c3[nH]c(=O)oc23)cn1. The highest BCUT2D eigenvalue weighted by Crippen LogP contribution is 2.29. The van der Waals surface area contributed by atoms with Crippen LogP contribution in [0.25, 0.3) is 22.4 Å². The van der Waals surface area contributed by atoms with E-state index in [2.05, 4.69) is 15.0 Å². The van der Waals surface area contributed by atoms with Crippen molar-refractivity contribution in [2.75, 3.05) is 0 Å². The molecule has 0 amide bonds. The van der Waals surface area contributed by atoms with Crippen molar-refractivity contribution in [2.24, 2.45) is 0 Å². The minimum atomic E-state index is -0.580. The van der Waals surface area contributed by atoms with Crippen LogP contribution >= 0.6 is 11.6 Å². The van der Waals surface area contributed by atoms with Gasteiger partial charge in [-0.25, -0.2) is 4.79 Å². The maximum atomic E-state index is 11.3. The number of benzene rings is 1. The van der Waals surface area contributed by atoms with E-state index in [1.54, 1.807) is 12.1 Å². The van der Waals surface area contributed by atoms with E-state index in [9.17, 15) is 4.79 Å². The number of nitrogens with zero attached hydrogens (tertiary/aromatic N) is 3. The van der Waals surface area contributed by atoms with Crippen molar-refractivity contribution in [1.82, 2.24) is 15.0 Å². The van der Waals surface area contributed by atoms with Gasteiger partial charge < -0.3 is 4.42 Å². The Morgan fingerprint density at radius 2 is 2.20 bits per heavy atom. The molecule has 0 fully saturated rings. The Balaban J connectivity index is 2.17. The van der Waals surface area contributed by atoms with Gasteiger partial charge in [0.25, 0.3) is 0 Å². The molecule has 3 aromatic rings. The van der Waals surface area contributed by atoms with Crippen molar-refractivity contribution in [1.29, 1.82) is 5.26 Å². The minimum Gasteiger partial charge on any atom is -0.407 e. The van der Waals surface area contributed by atoms with Gasteiger partial charge >= 0.3 is 5.76 Å². The lowest BCUT2D eigenvalue weighted by Crippen LogP contribution is -1.93. The second kappa shape index (κ2) is 4.79. The van der Waals surface area contributed by atoms with Gasteiger partial charge in [-0.2, -0.15) is 5.26 Å². The van der Waals surface area contributed by atoms with E-state index in [-0.39, 0.29) is 6.42 Å². The fourth-order valence-electron chi connectivity index (χ4n) is 1.87. The Labute approximate surface area is 117 Å². The van der Waals surface area contributed by atoms with Gasteiger partial charge in [-0.3, -0.25) is 15.0 Å². The first-order valence-corrected chi connectivity index (χ1v) is 6.06. The zero-order chi connectivity index (χ0) is 14.1. The van der Waals surface area contributed by atoms with E-state index in [1.807, 2.05) is 6.07 Å². The largest absolute Gasteiger partial charge is 0.417 e. The molecule has 7 heteroatoms. The predicted octanol–water partition coefficient (Wildman–Crippen LogP) is 2.30. The highest BCUT2D eigenvalue weighted by Gasteiger charge is 2.13. The summed E-state index contributed by atoms with van der Waals surface area (Å²) >= 11 is 5.99. The molecule has 0 aliphatic rings. The molecule has 3 rings (SSSR count). The molecular weight excluding hydrogens is 280 g/mol. The van der Waals surface area contributed by atoms with E-state index in [0.29, 0.717) is 33.1 Å². The third kappa shape index (κ3) is 2.04. The number of rotatable bonds is 2. The van der Waals surface area contributed by atoms with Crippen LogP contribution in [0, 0.1) is 11.3 Å². The van der Waals surface area contributed by atoms with E-state index < -0.39 is 5.76 Å². The molecule has 0 atom stereocenters. The summed E-state index contributed by atoms with van der Waals surface area (Å²) in [5.74, 6) is -0.580. The van der Waals surface area contributed by atoms with Gasteiger partial charge in [-0.1, -0.05) is 11.6 Å². The highest BCUT2D eigenvalue weighted by molar-refractivity contribution is 6.35. The third-order valence-electron chi connectivity index (χ3n) is 2.77. The Morgan fingerprint density at radius 1 is 1.35 bits per heavy atom. The fraction of sp³-hybridized carbons (Fsp3) is 0.0769. The Bertz CT molecular complexity index is 874. The Hall–Kier alpha value is -2.65. The van der Waals surface area contributed by atoms with Gasteiger partial charge in [-0.05, 0) is 12.1 Å². The number of fused-ring (bicyclic) bond motifs is 1. The molecule has 0 saturated carbocycles. The van der Waals surface area contributed by atoms with Gasteiger partial charge in [0.1, 0.15) is 5.52 Å². The number of hydrogen-bond donors (Lipinski definition) is 1. The second-order valence-corrected chi connectivity index (χ2v) is 4.45. The number of aromatic amines is 1. The molecule has 20 heavy (non-hydrogen) atoms. The summed E-state index contributed by atoms with van der Waals surface area (Å²) in [6, 6.07) is 5.35. The lowest BCUT2D eigenvalue weighted by molar-refractivity contribution is 0.556. The molecule has 2 aromatic heterocycles. The van der Waals surface area contributed by atoms with Gasteiger partial charge in [0.05, 0.1) is 41.3 Å². The number of nitrogens with one attached hydrogen (secondary N) is 1. The molecule has 2 heterocycles. The van der Waals surface area contributed by atoms with Crippen molar-refractivity contribution < 1.29 is 4.42 Å². The van der Waals surface area contributed by atoms with Crippen LogP contribution < -0.4 is 5.76 Å². The first kappa shape index (κ1) is 12.4. The topological polar surface area (TPSA) is 95.6 Å². The summed E-state index contributed by atoms with van der Waals surface area (Å²) in [6.45, 7) is 0. The third-order valence-corrected chi connectivity index (χ3v) is 3.09.